The number of benzene rings is 2. The Morgan fingerprint density at radius 1 is 1.09 bits per heavy atom. The number of nitrogen functional groups attached to an aromatic ring is 1. The van der Waals surface area contributed by atoms with E-state index in [1.807, 2.05) is 26.0 Å². The van der Waals surface area contributed by atoms with Gasteiger partial charge in [0.2, 0.25) is 17.8 Å². The molecular formula is C39H51N9O9. The Morgan fingerprint density at radius 2 is 1.84 bits per heavy atom. The molecule has 1 unspecified atom stereocenters. The third-order valence-electron chi connectivity index (χ3n) is 10.0. The molecule has 6 rings (SSSR count). The van der Waals surface area contributed by atoms with Crippen LogP contribution in [0.1, 0.15) is 56.8 Å². The largest absolute Gasteiger partial charge is 0.489 e. The number of unbranched alkanes of at least 4 members (excludes halogenated alkanes) is 1. The summed E-state index contributed by atoms with van der Waals surface area (Å²) >= 11 is 0. The van der Waals surface area contributed by atoms with E-state index < -0.39 is 60.8 Å². The van der Waals surface area contributed by atoms with E-state index in [0.29, 0.717) is 36.4 Å². The van der Waals surface area contributed by atoms with Crippen molar-refractivity contribution in [3.8, 4) is 5.75 Å². The van der Waals surface area contributed by atoms with Crippen LogP contribution in [-0.4, -0.2) is 86.6 Å². The van der Waals surface area contributed by atoms with E-state index in [4.69, 9.17) is 30.4 Å². The van der Waals surface area contributed by atoms with Crippen molar-refractivity contribution in [2.45, 2.75) is 89.2 Å². The van der Waals surface area contributed by atoms with Gasteiger partial charge in [0, 0.05) is 17.8 Å². The fraction of sp³-hybridized carbons (Fsp3) is 0.462. The number of anilines is 2. The van der Waals surface area contributed by atoms with Gasteiger partial charge < -0.3 is 51.5 Å². The van der Waals surface area contributed by atoms with Gasteiger partial charge in [0.25, 0.3) is 5.56 Å². The van der Waals surface area contributed by atoms with E-state index in [1.54, 1.807) is 43.4 Å². The number of carbonyl (C=O) groups is 2. The lowest BCUT2D eigenvalue weighted by molar-refractivity contribution is -0.154. The number of hydrogen-bond donors (Lipinski definition) is 7. The van der Waals surface area contributed by atoms with E-state index in [-0.39, 0.29) is 48.0 Å². The minimum Gasteiger partial charge on any atom is -0.489 e. The number of imidazole rings is 1. The lowest BCUT2D eigenvalue weighted by Crippen LogP contribution is -2.52. The number of ether oxygens (including phenoxy) is 4. The van der Waals surface area contributed by atoms with E-state index in [9.17, 15) is 24.3 Å². The number of aliphatic hydroxyl groups excluding tert-OH is 1. The highest BCUT2D eigenvalue weighted by Crippen LogP contribution is 2.44. The second-order valence-electron chi connectivity index (χ2n) is 14.4. The number of nitrogens with one attached hydrogen (secondary N) is 4. The van der Waals surface area contributed by atoms with Crippen LogP contribution in [0.3, 0.4) is 0 Å². The maximum Gasteiger partial charge on any atom is 0.333 e. The van der Waals surface area contributed by atoms with Crippen LogP contribution < -0.4 is 43.4 Å². The SMILES string of the molecule is C=CCn1c(=O)n([C@@H]2O[C@H](CO)[C@H]3OC(c4cccc(OCc5ccc(NC(=O)[C@H](CCCCN)NC(=O)[C@@H](NC)C(C)C)cc5)c4)O[C@H]32)c2nc(N)[nH]c(=O)c21. The maximum absolute atomic E-state index is 13.7. The number of aromatic amines is 1. The van der Waals surface area contributed by atoms with E-state index in [1.165, 1.54) is 15.2 Å². The lowest BCUT2D eigenvalue weighted by atomic mass is 10.0. The zero-order chi connectivity index (χ0) is 40.8. The number of hydrogen-bond acceptors (Lipinski definition) is 13. The maximum atomic E-state index is 13.7. The smallest absolute Gasteiger partial charge is 0.333 e. The molecule has 306 valence electrons. The van der Waals surface area contributed by atoms with Gasteiger partial charge in [-0.1, -0.05) is 44.2 Å². The number of rotatable bonds is 18. The summed E-state index contributed by atoms with van der Waals surface area (Å²) < 4.78 is 27.2. The molecule has 2 fully saturated rings. The second-order valence-corrected chi connectivity index (χ2v) is 14.4. The van der Waals surface area contributed by atoms with Crippen molar-refractivity contribution in [3.05, 3.63) is 93.2 Å². The zero-order valence-electron chi connectivity index (χ0n) is 32.2. The summed E-state index contributed by atoms with van der Waals surface area (Å²) in [6, 6.07) is 13.2. The summed E-state index contributed by atoms with van der Waals surface area (Å²) in [5, 5.41) is 19.0. The zero-order valence-corrected chi connectivity index (χ0v) is 32.2. The summed E-state index contributed by atoms with van der Waals surface area (Å²) in [5.41, 5.74) is 12.3. The van der Waals surface area contributed by atoms with Crippen molar-refractivity contribution in [2.75, 3.05) is 31.2 Å². The van der Waals surface area contributed by atoms with Crippen LogP contribution in [0, 0.1) is 5.92 Å². The highest BCUT2D eigenvalue weighted by atomic mass is 16.8. The molecule has 0 aliphatic carbocycles. The van der Waals surface area contributed by atoms with Crippen molar-refractivity contribution in [3.63, 3.8) is 0 Å². The fourth-order valence-corrected chi connectivity index (χ4v) is 7.20. The number of nitrogens with two attached hydrogens (primary N) is 2. The molecule has 0 spiro atoms. The number of aliphatic hydroxyl groups is 1. The number of fused-ring (bicyclic) bond motifs is 2. The standard InChI is InChI=1S/C39H51N9O9/c1-5-17-47-29-32(45-38(41)46-35(29)52)48(39(47)53)36-31-30(27(19-49)55-36)56-37(57-31)23-9-8-10-25(18-23)54-20-22-12-14-24(15-13-22)43-33(50)26(11-6-7-16-40)44-34(51)28(42-4)21(2)3/h5,8-10,12-15,18,21,26-28,30-31,36-37,42,49H,1,6-7,11,16-17,19-20,40H2,2-4H3,(H,43,50)(H,44,51)(H3,41,45,46,52)/t26-,27+,28-,30+,31+,36+,37?/m0/s1. The van der Waals surface area contributed by atoms with Crippen molar-refractivity contribution >= 4 is 34.6 Å². The molecule has 7 atom stereocenters. The molecular weight excluding hydrogens is 738 g/mol. The van der Waals surface area contributed by atoms with Crippen molar-refractivity contribution in [1.82, 2.24) is 29.7 Å². The third kappa shape index (κ3) is 8.96. The normalized spacial score (nSPS) is 21.3. The van der Waals surface area contributed by atoms with Gasteiger partial charge in [-0.05, 0) is 68.6 Å². The lowest BCUT2D eigenvalue weighted by Gasteiger charge is -2.24. The molecule has 4 heterocycles. The molecule has 2 saturated heterocycles. The van der Waals surface area contributed by atoms with Gasteiger partial charge in [-0.3, -0.25) is 23.9 Å². The Labute approximate surface area is 328 Å². The predicted molar refractivity (Wildman–Crippen MR) is 211 cm³/mol. The highest BCUT2D eigenvalue weighted by molar-refractivity contribution is 5.97. The van der Waals surface area contributed by atoms with E-state index in [2.05, 4.69) is 32.5 Å². The first kappa shape index (κ1) is 41.3. The Morgan fingerprint density at radius 3 is 2.53 bits per heavy atom. The van der Waals surface area contributed by atoms with Crippen LogP contribution >= 0.6 is 0 Å². The first-order valence-corrected chi connectivity index (χ1v) is 19.0. The van der Waals surface area contributed by atoms with E-state index in [0.717, 1.165) is 12.0 Å². The molecule has 4 aromatic rings. The third-order valence-corrected chi connectivity index (χ3v) is 10.0. The topological polar surface area (TPSA) is 252 Å². The van der Waals surface area contributed by atoms with Gasteiger partial charge in [0.15, 0.2) is 23.7 Å². The number of likely N-dealkylation sites (N-methyl/N-ethyl adjacent to an activating group) is 1. The molecule has 0 radical (unpaired) electrons. The molecule has 0 bridgehead atoms. The number of allylic oxidation sites excluding steroid dienone is 1. The van der Waals surface area contributed by atoms with Crippen LogP contribution in [0.25, 0.3) is 11.2 Å². The average Bonchev–Trinajstić information content (AvgIpc) is 3.85. The molecule has 18 nitrogen and oxygen atoms in total. The molecule has 57 heavy (non-hydrogen) atoms. The first-order valence-electron chi connectivity index (χ1n) is 19.0. The van der Waals surface area contributed by atoms with Crippen LogP contribution in [0.2, 0.25) is 0 Å². The van der Waals surface area contributed by atoms with Gasteiger partial charge in [0.05, 0.1) is 12.6 Å². The van der Waals surface area contributed by atoms with Crippen LogP contribution in [0.15, 0.2) is 70.8 Å². The van der Waals surface area contributed by atoms with E-state index >= 15 is 0 Å². The Balaban J connectivity index is 1.11. The summed E-state index contributed by atoms with van der Waals surface area (Å²) in [7, 11) is 1.72. The Hall–Kier alpha value is -5.37. The Bertz CT molecular complexity index is 2170. The van der Waals surface area contributed by atoms with Gasteiger partial charge >= 0.3 is 5.69 Å². The van der Waals surface area contributed by atoms with Crippen LogP contribution in [0.5, 0.6) is 5.75 Å². The minimum atomic E-state index is -1.10. The highest BCUT2D eigenvalue weighted by Gasteiger charge is 2.54. The molecule has 2 aliphatic rings. The van der Waals surface area contributed by atoms with Crippen molar-refractivity contribution < 1.29 is 33.6 Å². The number of nitrogens with zero attached hydrogens (tertiary/aromatic N) is 3. The summed E-state index contributed by atoms with van der Waals surface area (Å²) in [6.07, 6.45) is -1.11. The molecule has 2 amide bonds. The van der Waals surface area contributed by atoms with Crippen LogP contribution in [-0.2, 0) is 37.0 Å². The molecule has 0 saturated carbocycles. The van der Waals surface area contributed by atoms with Crippen LogP contribution in [0.4, 0.5) is 11.6 Å². The van der Waals surface area contributed by atoms with Crippen molar-refractivity contribution in [2.24, 2.45) is 11.7 Å². The Kier molecular flexibility index (Phi) is 13.2. The van der Waals surface area contributed by atoms with Crippen molar-refractivity contribution in [1.29, 1.82) is 0 Å². The molecule has 2 aliphatic heterocycles. The van der Waals surface area contributed by atoms with Gasteiger partial charge in [0.1, 0.15) is 36.7 Å². The molecule has 2 aromatic heterocycles. The van der Waals surface area contributed by atoms with Gasteiger partial charge in [-0.2, -0.15) is 4.98 Å². The number of H-pyrrole nitrogens is 1. The number of amides is 2. The summed E-state index contributed by atoms with van der Waals surface area (Å²) in [6.45, 7) is 7.88. The molecule has 2 aromatic carbocycles. The second kappa shape index (κ2) is 18.3. The first-order chi connectivity index (χ1) is 27.5. The summed E-state index contributed by atoms with van der Waals surface area (Å²) in [4.78, 5) is 59.4. The van der Waals surface area contributed by atoms with Gasteiger partial charge in [-0.25, -0.2) is 9.36 Å². The summed E-state index contributed by atoms with van der Waals surface area (Å²) in [5.74, 6) is -0.160. The number of carbonyl (C=O) groups excluding carboxylic acids is 2. The minimum absolute atomic E-state index is 0.000661. The van der Waals surface area contributed by atoms with Gasteiger partial charge in [-0.15, -0.1) is 6.58 Å². The molecule has 9 N–H and O–H groups in total. The number of aromatic nitrogens is 4. The predicted octanol–water partition coefficient (Wildman–Crippen LogP) is 1.40. The fourth-order valence-electron chi connectivity index (χ4n) is 7.20. The quantitative estimate of drug-likeness (QED) is 0.0557. The monoisotopic (exact) mass is 789 g/mol. The molecule has 18 heteroatoms. The average molecular weight is 790 g/mol.